The summed E-state index contributed by atoms with van der Waals surface area (Å²) in [7, 11) is 1.71. The first kappa shape index (κ1) is 41.5. The fourth-order valence-corrected chi connectivity index (χ4v) is 9.79. The third-order valence-corrected chi connectivity index (χ3v) is 12.2. The molecule has 0 bridgehead atoms. The molecule has 0 saturated heterocycles. The fraction of sp³-hybridized carbons (Fsp3) is 0.929. The van der Waals surface area contributed by atoms with Crippen molar-refractivity contribution < 1.29 is 144 Å². The quantitative estimate of drug-likeness (QED) is 0.167. The van der Waals surface area contributed by atoms with Crippen molar-refractivity contribution in [3.63, 3.8) is 0 Å². The molecule has 0 spiro atoms. The number of esters is 1. The van der Waals surface area contributed by atoms with Gasteiger partial charge in [-0.25, -0.2) is 4.79 Å². The molecule has 0 radical (unpaired) electrons. The van der Waals surface area contributed by atoms with Gasteiger partial charge in [-0.2, -0.15) is 19.3 Å². The molecule has 0 aromatic rings. The largest absolute Gasteiger partial charge is 0.459 e. The first-order valence-electron chi connectivity index (χ1n) is 12.7. The summed E-state index contributed by atoms with van der Waals surface area (Å²) in [5, 5.41) is 0. The Bertz CT molecular complexity index is 710. The normalized spacial score (nSPS) is 43.6. The van der Waals surface area contributed by atoms with Gasteiger partial charge in [-0.1, -0.05) is 67.7 Å². The third kappa shape index (κ3) is 6.80. The Balaban J connectivity index is 0. The molecule has 4 saturated carbocycles. The third-order valence-electron chi connectivity index (χ3n) is 11.8. The van der Waals surface area contributed by atoms with Gasteiger partial charge in [0.25, 0.3) is 0 Å². The topological polar surface area (TPSA) is 26.3 Å². The standard InChI is InChI=1S/C27H46O2P.CH4.3Ar.W/c1-17-10-14-26(6)19(18(17)2)8-9-21-25(5)13-12-22(29-23(28)16-30)24(3,4)20(25)11-15-27(21,26)7;;;;;/h18-22H,8-16,30H2,1-7H3;1H4;;;;/q-1;;;;;/p+1/t18-,19+,20-,21+,22-,25-,26+,27+;;;;;/m0...../s1. The number of carbonyl (C=O) groups is 1. The van der Waals surface area contributed by atoms with E-state index in [1.165, 1.54) is 44.9 Å². The molecule has 1 unspecified atom stereocenters. The zero-order valence-electron chi connectivity index (χ0n) is 22.2. The van der Waals surface area contributed by atoms with Gasteiger partial charge in [0.1, 0.15) is 12.3 Å². The summed E-state index contributed by atoms with van der Waals surface area (Å²) in [6.45, 7) is 17.7. The van der Waals surface area contributed by atoms with Crippen LogP contribution < -0.4 is 0 Å². The van der Waals surface area contributed by atoms with Gasteiger partial charge in [0.05, 0.1) is 0 Å². The van der Waals surface area contributed by atoms with Crippen molar-refractivity contribution >= 4 is 15.2 Å². The van der Waals surface area contributed by atoms with Gasteiger partial charge in [-0.15, -0.1) is 0 Å². The Morgan fingerprint density at radius 3 is 2.09 bits per heavy atom. The SMILES string of the molecule is C.C[C-]1CC[C@]2(C)[C@H](CC[C@@H]3[C@@]4(C)CC[C@H](OC(=O)C[PH3+])C(C)(C)[C@@H]4CC[C@]32C)[C@H]1C.[Ar].[Ar].[Ar].[W]. The second-order valence-electron chi connectivity index (χ2n) is 12.9. The molecule has 4 rings (SSSR count). The average Bonchev–Trinajstić information content (AvgIpc) is 2.68. The molecular formula is C28H51Ar3O2PW. The second-order valence-corrected chi connectivity index (χ2v) is 13.4. The van der Waals surface area contributed by atoms with Crippen molar-refractivity contribution in [3.8, 4) is 0 Å². The van der Waals surface area contributed by atoms with E-state index < -0.39 is 0 Å². The van der Waals surface area contributed by atoms with Crippen LogP contribution in [0.15, 0.2) is 0 Å². The van der Waals surface area contributed by atoms with Crippen LogP contribution in [-0.4, -0.2) is 18.2 Å². The van der Waals surface area contributed by atoms with E-state index >= 15 is 0 Å². The van der Waals surface area contributed by atoms with E-state index in [0.29, 0.717) is 28.3 Å². The summed E-state index contributed by atoms with van der Waals surface area (Å²) < 4.78 is 6.01. The van der Waals surface area contributed by atoms with E-state index in [4.69, 9.17) is 4.74 Å². The molecule has 35 heavy (non-hydrogen) atoms. The molecule has 0 aliphatic heterocycles. The molecule has 2 nitrogen and oxygen atoms in total. The van der Waals surface area contributed by atoms with Crippen molar-refractivity contribution in [1.82, 2.24) is 0 Å². The number of rotatable bonds is 2. The van der Waals surface area contributed by atoms with Crippen LogP contribution >= 0.6 is 9.24 Å². The summed E-state index contributed by atoms with van der Waals surface area (Å²) in [4.78, 5) is 12.1. The van der Waals surface area contributed by atoms with E-state index in [0.717, 1.165) is 24.2 Å². The Kier molecular flexibility index (Phi) is 18.0. The zero-order valence-corrected chi connectivity index (χ0v) is 28.7. The van der Waals surface area contributed by atoms with Crippen LogP contribution in [0.2, 0.25) is 0 Å². The Morgan fingerprint density at radius 1 is 0.914 bits per heavy atom. The van der Waals surface area contributed by atoms with E-state index in [1.54, 1.807) is 15.2 Å². The molecule has 0 aromatic carbocycles. The zero-order chi connectivity index (χ0) is 22.1. The van der Waals surface area contributed by atoms with Crippen LogP contribution in [0.1, 0.15) is 107 Å². The monoisotopic (exact) mass is 754 g/mol. The van der Waals surface area contributed by atoms with Crippen molar-refractivity contribution in [2.45, 2.75) is 113 Å². The first-order chi connectivity index (χ1) is 13.9. The predicted molar refractivity (Wildman–Crippen MR) is 136 cm³/mol. The smallest absolute Gasteiger partial charge is 0.343 e. The molecule has 4 aliphatic carbocycles. The average molecular weight is 754 g/mol. The predicted octanol–water partition coefficient (Wildman–Crippen LogP) is 7.44. The van der Waals surface area contributed by atoms with Gasteiger partial charge >= 0.3 is 5.97 Å². The molecule has 0 heterocycles. The van der Waals surface area contributed by atoms with E-state index in [2.05, 4.69) is 48.5 Å². The molecule has 9 atom stereocenters. The Hall–Kier alpha value is 4.37. The van der Waals surface area contributed by atoms with Crippen LogP contribution in [0.25, 0.3) is 0 Å². The van der Waals surface area contributed by atoms with Gasteiger partial charge in [0.2, 0.25) is 0 Å². The summed E-state index contributed by atoms with van der Waals surface area (Å²) >= 11 is 0. The maximum Gasteiger partial charge on any atom is 0.343 e. The second kappa shape index (κ2) is 15.2. The van der Waals surface area contributed by atoms with Crippen LogP contribution in [0.4, 0.5) is 0 Å². The number of hydrogen-bond acceptors (Lipinski definition) is 2. The van der Waals surface area contributed by atoms with Gasteiger partial charge < -0.3 is 10.7 Å². The summed E-state index contributed by atoms with van der Waals surface area (Å²) in [5.41, 5.74) is 1.37. The van der Waals surface area contributed by atoms with Crippen molar-refractivity contribution in [3.05, 3.63) is 5.92 Å². The van der Waals surface area contributed by atoms with E-state index in [-0.39, 0.29) is 159 Å². The van der Waals surface area contributed by atoms with Gasteiger partial charge in [0.15, 0.2) is 0 Å². The maximum absolute atomic E-state index is 12.1. The molecule has 0 amide bonds. The minimum atomic E-state index is -0.00788. The van der Waals surface area contributed by atoms with Crippen LogP contribution in [0.5, 0.6) is 0 Å². The number of ether oxygens (including phenoxy) is 1. The van der Waals surface area contributed by atoms with Crippen molar-refractivity contribution in [2.75, 3.05) is 6.16 Å². The molecule has 4 fully saturated rings. The van der Waals surface area contributed by atoms with Crippen LogP contribution in [0.3, 0.4) is 0 Å². The Morgan fingerprint density at radius 2 is 1.51 bits per heavy atom. The number of carbonyl (C=O) groups excluding carboxylic acids is 1. The van der Waals surface area contributed by atoms with Gasteiger partial charge in [-0.3, -0.25) is 0 Å². The molecule has 4 aliphatic rings. The maximum atomic E-state index is 12.1. The van der Waals surface area contributed by atoms with E-state index in [1.807, 2.05) is 0 Å². The van der Waals surface area contributed by atoms with Crippen molar-refractivity contribution in [1.29, 1.82) is 0 Å². The summed E-state index contributed by atoms with van der Waals surface area (Å²) in [5.74, 6) is 4.85. The molecule has 210 valence electrons. The molecule has 0 N–H and O–H groups in total. The van der Waals surface area contributed by atoms with E-state index in [9.17, 15) is 4.79 Å². The van der Waals surface area contributed by atoms with Crippen LogP contribution in [-0.2, 0) is 30.6 Å². The Labute approximate surface area is 324 Å². The molecule has 0 aromatic heterocycles. The summed E-state index contributed by atoms with van der Waals surface area (Å²) in [6.07, 6.45) is 11.1. The van der Waals surface area contributed by atoms with Gasteiger partial charge in [-0.05, 0) is 69.4 Å². The summed E-state index contributed by atoms with van der Waals surface area (Å²) in [6, 6.07) is 0. The number of fused-ring (bicyclic) bond motifs is 5. The minimum Gasteiger partial charge on any atom is -0.459 e. The van der Waals surface area contributed by atoms with Gasteiger partial charge in [0, 0.05) is 140 Å². The fourth-order valence-electron chi connectivity index (χ4n) is 9.68. The van der Waals surface area contributed by atoms with Crippen LogP contribution in [0, 0.1) is 164 Å². The van der Waals surface area contributed by atoms with Crippen molar-refractivity contribution in [2.24, 2.45) is 45.3 Å². The molecule has 7 heteroatoms. The molecular weight excluding hydrogens is 703 g/mol. The first-order valence-corrected chi connectivity index (χ1v) is 13.7. The number of hydrogen-bond donors (Lipinski definition) is 0. The minimum absolute atomic E-state index is 0.